The Bertz CT molecular complexity index is 4820. The number of para-hydroxylation sites is 1. The van der Waals surface area contributed by atoms with Gasteiger partial charge in [0.1, 0.15) is 11.2 Å². The number of rotatable bonds is 6. The normalized spacial score (nSPS) is 13.2. The fourth-order valence-corrected chi connectivity index (χ4v) is 13.9. The van der Waals surface area contributed by atoms with Gasteiger partial charge in [-0.25, -0.2) is 0 Å². The number of nitrogens with zero attached hydrogens (tertiary/aromatic N) is 2. The van der Waals surface area contributed by atoms with Crippen molar-refractivity contribution in [1.82, 2.24) is 4.48 Å². The average Bonchev–Trinajstić information content (AvgIpc) is 3.13. The molecule has 0 amide bonds. The molecule has 0 aliphatic carbocycles. The molecule has 4 heteroatoms. The van der Waals surface area contributed by atoms with Crippen LogP contribution in [0.5, 0.6) is 0 Å². The maximum atomic E-state index is 7.32. The Labute approximate surface area is 448 Å². The monoisotopic (exact) mass is 986 g/mol. The Morgan fingerprint density at radius 3 is 1.75 bits per heavy atom. The molecule has 0 fully saturated rings. The van der Waals surface area contributed by atoms with Crippen molar-refractivity contribution in [3.8, 4) is 11.1 Å². The first kappa shape index (κ1) is 44.4. The van der Waals surface area contributed by atoms with Crippen molar-refractivity contribution in [3.05, 3.63) is 246 Å². The molecule has 14 aromatic rings. The molecule has 0 spiro atoms. The number of furan rings is 1. The highest BCUT2D eigenvalue weighted by atomic mass is 16.3. The van der Waals surface area contributed by atoms with Gasteiger partial charge in [0.25, 0.3) is 0 Å². The molecule has 12 aromatic carbocycles. The second-order valence-electron chi connectivity index (χ2n) is 23.3. The van der Waals surface area contributed by atoms with E-state index in [-0.39, 0.29) is 12.3 Å². The van der Waals surface area contributed by atoms with Crippen LogP contribution in [0.25, 0.3) is 98.0 Å². The predicted octanol–water partition coefficient (Wildman–Crippen LogP) is 18.3. The second kappa shape index (κ2) is 16.3. The van der Waals surface area contributed by atoms with Gasteiger partial charge in [-0.3, -0.25) is 0 Å². The summed E-state index contributed by atoms with van der Waals surface area (Å²) >= 11 is 0. The Kier molecular flexibility index (Phi) is 9.42. The molecule has 0 saturated heterocycles. The number of benzene rings is 12. The van der Waals surface area contributed by atoms with Gasteiger partial charge in [-0.1, -0.05) is 204 Å². The van der Waals surface area contributed by atoms with Gasteiger partial charge >= 0.3 is 6.85 Å². The third-order valence-electron chi connectivity index (χ3n) is 17.5. The Balaban J connectivity index is 1.15. The fraction of sp³-hybridized carbons (Fsp3) is 0.123. The van der Waals surface area contributed by atoms with Crippen LogP contribution >= 0.6 is 0 Å². The molecular weight excluding hydrogens is 932 g/mol. The van der Waals surface area contributed by atoms with Crippen LogP contribution in [0.2, 0.25) is 0 Å². The zero-order valence-electron chi connectivity index (χ0n) is 44.1. The molecule has 2 aromatic heterocycles. The third kappa shape index (κ3) is 6.45. The minimum absolute atomic E-state index is 0.0964. The maximum absolute atomic E-state index is 7.32. The number of hydrogen-bond donors (Lipinski definition) is 0. The molecule has 16 rings (SSSR count). The maximum Gasteiger partial charge on any atom is 0.333 e. The highest BCUT2D eigenvalue weighted by molar-refractivity contribution is 6.90. The number of aromatic nitrogens is 1. The van der Waals surface area contributed by atoms with Gasteiger partial charge in [-0.2, -0.15) is 0 Å². The lowest BCUT2D eigenvalue weighted by Crippen LogP contribution is -2.56. The van der Waals surface area contributed by atoms with Crippen molar-refractivity contribution >= 4 is 122 Å². The standard InChI is InChI=1S/C73H55BN2O/c1-43(2)48-36-49(73(3,4)5)39-50(37-48)75-64-41-59-57(35-45-22-10-7-11-23-45)54-29-17-16-28-53(54)56(34-44-20-8-6-9-21-44)58(59)40-62(64)74-70-65(75)42-60-55-30-18-19-31-66(55)77-72(60)69(70)61-38-47-25-13-15-27-52(47)68-67-51-26-14-12-24-46(51)32-33-63(67)76(74)71(61)68/h6-33,36-43H,34-35H2,1-5H3. The number of fused-ring (bicyclic) bond motifs is 17. The van der Waals surface area contributed by atoms with Crippen molar-refractivity contribution in [3.63, 3.8) is 0 Å². The fourth-order valence-electron chi connectivity index (χ4n) is 13.9. The third-order valence-corrected chi connectivity index (χ3v) is 17.5. The van der Waals surface area contributed by atoms with Crippen LogP contribution in [0.3, 0.4) is 0 Å². The molecule has 0 N–H and O–H groups in total. The first-order chi connectivity index (χ1) is 37.7. The lowest BCUT2D eigenvalue weighted by atomic mass is 9.44. The van der Waals surface area contributed by atoms with E-state index in [1.54, 1.807) is 0 Å². The van der Waals surface area contributed by atoms with Crippen molar-refractivity contribution in [2.75, 3.05) is 4.90 Å². The summed E-state index contributed by atoms with van der Waals surface area (Å²) in [6.45, 7) is 11.5. The van der Waals surface area contributed by atoms with Gasteiger partial charge in [0.05, 0.1) is 0 Å². The van der Waals surface area contributed by atoms with E-state index in [0.29, 0.717) is 5.92 Å². The highest BCUT2D eigenvalue weighted by Gasteiger charge is 2.45. The van der Waals surface area contributed by atoms with Crippen LogP contribution in [-0.2, 0) is 18.3 Å². The first-order valence-electron chi connectivity index (χ1n) is 27.6. The van der Waals surface area contributed by atoms with Gasteiger partial charge in [0, 0.05) is 60.8 Å². The van der Waals surface area contributed by atoms with Gasteiger partial charge in [-0.15, -0.1) is 0 Å². The highest BCUT2D eigenvalue weighted by Crippen LogP contribution is 2.53. The topological polar surface area (TPSA) is 21.3 Å². The van der Waals surface area contributed by atoms with E-state index in [9.17, 15) is 0 Å². The smallest absolute Gasteiger partial charge is 0.333 e. The lowest BCUT2D eigenvalue weighted by Gasteiger charge is -2.41. The van der Waals surface area contributed by atoms with Gasteiger partial charge < -0.3 is 13.8 Å². The summed E-state index contributed by atoms with van der Waals surface area (Å²) in [5, 5.41) is 15.1. The summed E-state index contributed by atoms with van der Waals surface area (Å²) in [5.74, 6) is 0.317. The van der Waals surface area contributed by atoms with Crippen molar-refractivity contribution in [2.45, 2.75) is 58.8 Å². The van der Waals surface area contributed by atoms with Gasteiger partial charge in [-0.05, 0) is 154 Å². The minimum Gasteiger partial charge on any atom is -0.455 e. The van der Waals surface area contributed by atoms with E-state index in [4.69, 9.17) is 4.42 Å². The molecule has 0 bridgehead atoms. The van der Waals surface area contributed by atoms with E-state index in [1.165, 1.54) is 137 Å². The number of hydrogen-bond acceptors (Lipinski definition) is 2. The van der Waals surface area contributed by atoms with Gasteiger partial charge in [0.2, 0.25) is 0 Å². The molecule has 3 nitrogen and oxygen atoms in total. The molecule has 4 heterocycles. The van der Waals surface area contributed by atoms with Crippen LogP contribution in [0, 0.1) is 0 Å². The summed E-state index contributed by atoms with van der Waals surface area (Å²) in [6, 6.07) is 80.6. The molecule has 2 aliphatic heterocycles. The predicted molar refractivity (Wildman–Crippen MR) is 329 cm³/mol. The van der Waals surface area contributed by atoms with Crippen molar-refractivity contribution in [2.24, 2.45) is 0 Å². The lowest BCUT2D eigenvalue weighted by molar-refractivity contribution is 0.588. The minimum atomic E-state index is -0.216. The Morgan fingerprint density at radius 2 is 1.08 bits per heavy atom. The SMILES string of the molecule is CC(C)c1cc(N2c3cc4c(Cc5ccccc5)c5ccccc5c(Cc5ccccc5)c4cc3B3c4c2cc2c(oc5ccccc52)c4-c2cc4ccccc4c4c5c6ccccc6ccc5n3c24)cc(C(C)(C)C)c1. The molecule has 0 atom stereocenters. The average molecular weight is 987 g/mol. The second-order valence-corrected chi connectivity index (χ2v) is 23.3. The van der Waals surface area contributed by atoms with Crippen LogP contribution in [0.1, 0.15) is 73.9 Å². The van der Waals surface area contributed by atoms with E-state index >= 15 is 0 Å². The van der Waals surface area contributed by atoms with E-state index in [1.807, 2.05) is 0 Å². The van der Waals surface area contributed by atoms with Crippen LogP contribution in [0.4, 0.5) is 17.1 Å². The van der Waals surface area contributed by atoms with Crippen LogP contribution < -0.4 is 15.8 Å². The summed E-state index contributed by atoms with van der Waals surface area (Å²) in [5.41, 5.74) is 20.8. The molecule has 0 unspecified atom stereocenters. The molecule has 0 saturated carbocycles. The summed E-state index contributed by atoms with van der Waals surface area (Å²) in [6.07, 6.45) is 1.61. The Morgan fingerprint density at radius 1 is 0.494 bits per heavy atom. The first-order valence-corrected chi connectivity index (χ1v) is 27.6. The van der Waals surface area contributed by atoms with Crippen LogP contribution in [0.15, 0.2) is 217 Å². The summed E-state index contributed by atoms with van der Waals surface area (Å²) < 4.78 is 10.1. The van der Waals surface area contributed by atoms with Crippen molar-refractivity contribution < 1.29 is 4.42 Å². The number of anilines is 3. The van der Waals surface area contributed by atoms with Crippen LogP contribution in [-0.4, -0.2) is 11.3 Å². The summed E-state index contributed by atoms with van der Waals surface area (Å²) in [4.78, 5) is 2.68. The zero-order chi connectivity index (χ0) is 51.4. The molecule has 77 heavy (non-hydrogen) atoms. The molecule has 0 radical (unpaired) electrons. The van der Waals surface area contributed by atoms with Crippen molar-refractivity contribution in [1.29, 1.82) is 0 Å². The zero-order valence-corrected chi connectivity index (χ0v) is 44.1. The van der Waals surface area contributed by atoms with E-state index < -0.39 is 0 Å². The van der Waals surface area contributed by atoms with Gasteiger partial charge in [0.15, 0.2) is 0 Å². The molecule has 2 aliphatic rings. The van der Waals surface area contributed by atoms with E-state index in [2.05, 4.69) is 256 Å². The Hall–Kier alpha value is -8.86. The quantitative estimate of drug-likeness (QED) is 0.122. The molecular formula is C73H55BN2O. The summed E-state index contributed by atoms with van der Waals surface area (Å²) in [7, 11) is 0. The van der Waals surface area contributed by atoms with E-state index in [0.717, 1.165) is 34.8 Å². The molecule has 366 valence electrons. The largest absolute Gasteiger partial charge is 0.455 e.